The minimum Gasteiger partial charge on any atom is -0.339 e. The number of nitrogens with zero attached hydrogens (tertiary/aromatic N) is 2. The lowest BCUT2D eigenvalue weighted by molar-refractivity contribution is 1.08. The van der Waals surface area contributed by atoms with E-state index in [2.05, 4.69) is 32.6 Å². The van der Waals surface area contributed by atoms with E-state index >= 15 is 0 Å². The smallest absolute Gasteiger partial charge is 0.143 e. The molecule has 2 aromatic heterocycles. The molecule has 0 fully saturated rings. The van der Waals surface area contributed by atoms with E-state index in [0.717, 1.165) is 38.6 Å². The van der Waals surface area contributed by atoms with Crippen LogP contribution >= 0.6 is 27.5 Å². The summed E-state index contributed by atoms with van der Waals surface area (Å²) in [7, 11) is 0. The summed E-state index contributed by atoms with van der Waals surface area (Å²) in [5, 5.41) is 4.19. The molecule has 0 saturated carbocycles. The number of hydrogen-bond acceptors (Lipinski definition) is 2. The molecule has 2 heterocycles. The third kappa shape index (κ3) is 2.92. The van der Waals surface area contributed by atoms with Crippen molar-refractivity contribution in [3.05, 3.63) is 81.9 Å². The highest BCUT2D eigenvalue weighted by atomic mass is 79.9. The molecule has 4 aromatic rings. The van der Waals surface area contributed by atoms with Gasteiger partial charge < -0.3 is 5.32 Å². The average Bonchev–Trinajstić information content (AvgIpc) is 2.98. The van der Waals surface area contributed by atoms with Gasteiger partial charge in [-0.3, -0.25) is 4.40 Å². The van der Waals surface area contributed by atoms with E-state index in [1.54, 1.807) is 0 Å². The number of fused-ring (bicyclic) bond motifs is 1. The van der Waals surface area contributed by atoms with Crippen LogP contribution in [0.2, 0.25) is 5.02 Å². The molecule has 0 bridgehead atoms. The molecule has 0 saturated heterocycles. The summed E-state index contributed by atoms with van der Waals surface area (Å²) < 4.78 is 3.13. The lowest BCUT2D eigenvalue weighted by Gasteiger charge is -2.12. The van der Waals surface area contributed by atoms with Crippen LogP contribution in [-0.4, -0.2) is 9.38 Å². The monoisotopic (exact) mass is 411 g/mol. The highest BCUT2D eigenvalue weighted by Gasteiger charge is 2.18. The van der Waals surface area contributed by atoms with Gasteiger partial charge >= 0.3 is 0 Å². The highest BCUT2D eigenvalue weighted by molar-refractivity contribution is 9.10. The Labute approximate surface area is 159 Å². The fourth-order valence-corrected chi connectivity index (χ4v) is 3.41. The van der Waals surface area contributed by atoms with Crippen LogP contribution in [0.15, 0.2) is 71.2 Å². The Morgan fingerprint density at radius 2 is 1.68 bits per heavy atom. The van der Waals surface area contributed by atoms with Gasteiger partial charge in [-0.1, -0.05) is 48.0 Å². The molecule has 0 atom stereocenters. The fourth-order valence-electron chi connectivity index (χ4n) is 2.88. The first-order valence-electron chi connectivity index (χ1n) is 7.89. The van der Waals surface area contributed by atoms with E-state index in [0.29, 0.717) is 5.02 Å². The second kappa shape index (κ2) is 6.54. The maximum atomic E-state index is 6.45. The zero-order valence-corrected chi connectivity index (χ0v) is 15.8. The molecule has 2 aromatic carbocycles. The van der Waals surface area contributed by atoms with Gasteiger partial charge in [0.25, 0.3) is 0 Å². The van der Waals surface area contributed by atoms with Crippen molar-refractivity contribution in [3.8, 4) is 11.3 Å². The first kappa shape index (κ1) is 16.2. The van der Waals surface area contributed by atoms with E-state index in [1.165, 1.54) is 0 Å². The molecule has 0 amide bonds. The molecule has 0 aliphatic heterocycles. The third-order valence-corrected chi connectivity index (χ3v) is 5.30. The summed E-state index contributed by atoms with van der Waals surface area (Å²) in [4.78, 5) is 4.84. The summed E-state index contributed by atoms with van der Waals surface area (Å²) in [5.74, 6) is 0.896. The van der Waals surface area contributed by atoms with Crippen LogP contribution in [0.25, 0.3) is 16.9 Å². The predicted molar refractivity (Wildman–Crippen MR) is 108 cm³/mol. The Morgan fingerprint density at radius 1 is 0.960 bits per heavy atom. The van der Waals surface area contributed by atoms with Crippen LogP contribution in [-0.2, 0) is 0 Å². The zero-order valence-electron chi connectivity index (χ0n) is 13.5. The van der Waals surface area contributed by atoms with Crippen LogP contribution in [0.1, 0.15) is 5.69 Å². The molecular weight excluding hydrogens is 398 g/mol. The summed E-state index contributed by atoms with van der Waals surface area (Å²) in [6.07, 6.45) is 0. The number of anilines is 2. The number of aromatic nitrogens is 2. The number of benzene rings is 2. The largest absolute Gasteiger partial charge is 0.339 e. The molecule has 25 heavy (non-hydrogen) atoms. The molecule has 0 aliphatic carbocycles. The zero-order chi connectivity index (χ0) is 17.4. The van der Waals surface area contributed by atoms with Crippen molar-refractivity contribution in [2.24, 2.45) is 0 Å². The van der Waals surface area contributed by atoms with Crippen molar-refractivity contribution < 1.29 is 0 Å². The molecule has 5 heteroatoms. The number of hydrogen-bond donors (Lipinski definition) is 1. The van der Waals surface area contributed by atoms with Gasteiger partial charge in [-0.2, -0.15) is 0 Å². The van der Waals surface area contributed by atoms with Gasteiger partial charge in [0.2, 0.25) is 0 Å². The van der Waals surface area contributed by atoms with Crippen molar-refractivity contribution in [2.75, 3.05) is 5.32 Å². The summed E-state index contributed by atoms with van der Waals surface area (Å²) >= 11 is 10.1. The Bertz CT molecular complexity index is 1060. The number of halogens is 2. The minimum absolute atomic E-state index is 0.679. The van der Waals surface area contributed by atoms with Crippen LogP contribution < -0.4 is 5.32 Å². The number of para-hydroxylation sites is 1. The quantitative estimate of drug-likeness (QED) is 0.418. The van der Waals surface area contributed by atoms with Gasteiger partial charge in [-0.05, 0) is 53.2 Å². The van der Waals surface area contributed by atoms with Gasteiger partial charge in [-0.15, -0.1) is 0 Å². The van der Waals surface area contributed by atoms with Gasteiger partial charge in [0.15, 0.2) is 0 Å². The van der Waals surface area contributed by atoms with Gasteiger partial charge in [-0.25, -0.2) is 4.98 Å². The van der Waals surface area contributed by atoms with Gasteiger partial charge in [0.05, 0.1) is 5.02 Å². The normalized spacial score (nSPS) is 11.0. The van der Waals surface area contributed by atoms with Gasteiger partial charge in [0, 0.05) is 21.4 Å². The second-order valence-electron chi connectivity index (χ2n) is 5.74. The average molecular weight is 413 g/mol. The Morgan fingerprint density at radius 3 is 2.44 bits per heavy atom. The van der Waals surface area contributed by atoms with Crippen molar-refractivity contribution in [3.63, 3.8) is 0 Å². The molecule has 4 rings (SSSR count). The molecule has 0 spiro atoms. The van der Waals surface area contributed by atoms with E-state index in [4.69, 9.17) is 16.6 Å². The van der Waals surface area contributed by atoms with Crippen LogP contribution in [0.4, 0.5) is 11.5 Å². The number of nitrogens with one attached hydrogen (secondary N) is 1. The highest BCUT2D eigenvalue weighted by Crippen LogP contribution is 2.36. The van der Waals surface area contributed by atoms with E-state index in [9.17, 15) is 0 Å². The molecule has 0 aliphatic rings. The standard InChI is InChI=1S/C20H15BrClN3/c1-13-16(21)11-12-18-24-19(15-9-5-6-10-17(15)22)20(25(13)18)23-14-7-3-2-4-8-14/h2-12,23H,1H3. The van der Waals surface area contributed by atoms with Gasteiger partial charge in [0.1, 0.15) is 17.2 Å². The second-order valence-corrected chi connectivity index (χ2v) is 7.00. The van der Waals surface area contributed by atoms with Crippen molar-refractivity contribution in [1.29, 1.82) is 0 Å². The number of aryl methyl sites for hydroxylation is 1. The van der Waals surface area contributed by atoms with Crippen LogP contribution in [0.5, 0.6) is 0 Å². The van der Waals surface area contributed by atoms with E-state index in [1.807, 2.05) is 66.7 Å². The van der Waals surface area contributed by atoms with Crippen LogP contribution in [0.3, 0.4) is 0 Å². The maximum Gasteiger partial charge on any atom is 0.143 e. The lowest BCUT2D eigenvalue weighted by Crippen LogP contribution is -2.00. The number of imidazole rings is 1. The Balaban J connectivity index is 2.01. The first-order valence-corrected chi connectivity index (χ1v) is 9.07. The Kier molecular flexibility index (Phi) is 4.24. The van der Waals surface area contributed by atoms with Crippen molar-refractivity contribution in [2.45, 2.75) is 6.92 Å². The summed E-state index contributed by atoms with van der Waals surface area (Å²) in [6, 6.07) is 21.8. The fraction of sp³-hybridized carbons (Fsp3) is 0.0500. The molecule has 1 N–H and O–H groups in total. The predicted octanol–water partition coefficient (Wildman–Crippen LogP) is 6.47. The Hall–Kier alpha value is -2.30. The topological polar surface area (TPSA) is 29.3 Å². The minimum atomic E-state index is 0.679. The lowest BCUT2D eigenvalue weighted by atomic mass is 10.1. The summed E-state index contributed by atoms with van der Waals surface area (Å²) in [6.45, 7) is 2.06. The number of rotatable bonds is 3. The maximum absolute atomic E-state index is 6.45. The molecule has 0 radical (unpaired) electrons. The SMILES string of the molecule is Cc1c(Br)ccc2nc(-c3ccccc3Cl)c(Nc3ccccc3)n12. The molecular formula is C20H15BrClN3. The third-order valence-electron chi connectivity index (χ3n) is 4.13. The number of pyridine rings is 1. The van der Waals surface area contributed by atoms with Crippen molar-refractivity contribution in [1.82, 2.24) is 9.38 Å². The van der Waals surface area contributed by atoms with E-state index < -0.39 is 0 Å². The van der Waals surface area contributed by atoms with E-state index in [-0.39, 0.29) is 0 Å². The molecule has 3 nitrogen and oxygen atoms in total. The molecule has 0 unspecified atom stereocenters. The van der Waals surface area contributed by atoms with Crippen molar-refractivity contribution >= 4 is 44.7 Å². The first-order chi connectivity index (χ1) is 12.1. The summed E-state index contributed by atoms with van der Waals surface area (Å²) in [5.41, 5.74) is 4.67. The van der Waals surface area contributed by atoms with Crippen LogP contribution in [0, 0.1) is 6.92 Å². The molecule has 124 valence electrons.